The lowest BCUT2D eigenvalue weighted by atomic mass is 10.0. The van der Waals surface area contributed by atoms with Gasteiger partial charge >= 0.3 is 0 Å². The fraction of sp³-hybridized carbons (Fsp3) is 0.833. The molecule has 1 aromatic heterocycles. The highest BCUT2D eigenvalue weighted by Crippen LogP contribution is 2.26. The minimum Gasteiger partial charge on any atom is -0.360 e. The fourth-order valence-corrected chi connectivity index (χ4v) is 4.36. The lowest BCUT2D eigenvalue weighted by molar-refractivity contribution is -0.911. The molecule has 1 aliphatic heterocycles. The predicted molar refractivity (Wildman–Crippen MR) is 78.8 cm³/mol. The molecule has 2 heterocycles. The van der Waals surface area contributed by atoms with Crippen molar-refractivity contribution in [2.75, 3.05) is 31.2 Å². The lowest BCUT2D eigenvalue weighted by Crippen LogP contribution is -3.13. The summed E-state index contributed by atoms with van der Waals surface area (Å²) in [6, 6.07) is 0.854. The number of nitrogens with one attached hydrogen (secondary N) is 2. The van der Waals surface area contributed by atoms with Gasteiger partial charge in [0.1, 0.15) is 0 Å². The van der Waals surface area contributed by atoms with Crippen LogP contribution < -0.4 is 10.2 Å². The zero-order valence-electron chi connectivity index (χ0n) is 11.2. The molecular formula is C12H23N4S2+. The minimum atomic E-state index is 0.854. The van der Waals surface area contributed by atoms with Crippen LogP contribution in [0.4, 0.5) is 5.13 Å². The average Bonchev–Trinajstić information content (AvgIpc) is 2.80. The summed E-state index contributed by atoms with van der Waals surface area (Å²) in [5, 5.41) is 12.5. The van der Waals surface area contributed by atoms with Crippen molar-refractivity contribution in [3.05, 3.63) is 0 Å². The molecule has 2 N–H and O–H groups in total. The van der Waals surface area contributed by atoms with Gasteiger partial charge in [-0.25, -0.2) is 0 Å². The zero-order chi connectivity index (χ0) is 12.8. The molecule has 6 heteroatoms. The Morgan fingerprint density at radius 3 is 3.11 bits per heavy atom. The molecule has 0 aromatic carbocycles. The molecule has 0 bridgehead atoms. The van der Waals surface area contributed by atoms with Crippen molar-refractivity contribution in [3.63, 3.8) is 0 Å². The van der Waals surface area contributed by atoms with E-state index in [-0.39, 0.29) is 0 Å². The predicted octanol–water partition coefficient (Wildman–Crippen LogP) is 1.52. The molecule has 18 heavy (non-hydrogen) atoms. The number of anilines is 1. The van der Waals surface area contributed by atoms with Crippen molar-refractivity contribution in [1.29, 1.82) is 0 Å². The third-order valence-electron chi connectivity index (χ3n) is 3.50. The van der Waals surface area contributed by atoms with Gasteiger partial charge < -0.3 is 10.2 Å². The average molecular weight is 287 g/mol. The van der Waals surface area contributed by atoms with Gasteiger partial charge in [0, 0.05) is 18.7 Å². The van der Waals surface area contributed by atoms with E-state index < -0.39 is 0 Å². The van der Waals surface area contributed by atoms with E-state index in [0.29, 0.717) is 0 Å². The first kappa shape index (κ1) is 14.1. The summed E-state index contributed by atoms with van der Waals surface area (Å²) < 4.78 is 1.10. The molecule has 0 saturated carbocycles. The van der Waals surface area contributed by atoms with Crippen LogP contribution in [0.15, 0.2) is 4.34 Å². The Hall–Kier alpha value is -0.330. The van der Waals surface area contributed by atoms with Crippen LogP contribution in [0.1, 0.15) is 32.6 Å². The van der Waals surface area contributed by atoms with Crippen molar-refractivity contribution in [2.45, 2.75) is 43.0 Å². The van der Waals surface area contributed by atoms with Crippen molar-refractivity contribution in [2.24, 2.45) is 0 Å². The first-order valence-electron chi connectivity index (χ1n) is 6.82. The maximum absolute atomic E-state index is 4.20. The van der Waals surface area contributed by atoms with Crippen LogP contribution >= 0.6 is 23.1 Å². The maximum Gasteiger partial charge on any atom is 0.206 e. The van der Waals surface area contributed by atoms with Gasteiger partial charge in [-0.05, 0) is 26.2 Å². The van der Waals surface area contributed by atoms with E-state index in [1.807, 2.05) is 11.8 Å². The number of aromatic nitrogens is 2. The number of likely N-dealkylation sites (tertiary alicyclic amines) is 1. The molecule has 0 radical (unpaired) electrons. The molecule has 0 spiro atoms. The van der Waals surface area contributed by atoms with Crippen LogP contribution in [0.5, 0.6) is 0 Å². The summed E-state index contributed by atoms with van der Waals surface area (Å²) in [6.07, 6.45) is 5.51. The maximum atomic E-state index is 4.20. The van der Waals surface area contributed by atoms with Crippen LogP contribution in [-0.2, 0) is 0 Å². The summed E-state index contributed by atoms with van der Waals surface area (Å²) in [5.74, 6) is 1.17. The molecular weight excluding hydrogens is 264 g/mol. The van der Waals surface area contributed by atoms with Gasteiger partial charge in [0.05, 0.1) is 19.6 Å². The molecule has 1 aliphatic rings. The number of nitrogens with zero attached hydrogens (tertiary/aromatic N) is 2. The largest absolute Gasteiger partial charge is 0.360 e. The van der Waals surface area contributed by atoms with E-state index in [2.05, 4.69) is 29.5 Å². The van der Waals surface area contributed by atoms with Gasteiger partial charge in [-0.3, -0.25) is 0 Å². The lowest BCUT2D eigenvalue weighted by Gasteiger charge is -2.29. The zero-order valence-corrected chi connectivity index (χ0v) is 12.9. The third kappa shape index (κ3) is 4.10. The van der Waals surface area contributed by atoms with E-state index in [0.717, 1.165) is 22.1 Å². The Balaban J connectivity index is 1.70. The molecule has 0 aliphatic carbocycles. The van der Waals surface area contributed by atoms with Gasteiger partial charge in [-0.2, -0.15) is 0 Å². The fourth-order valence-electron chi connectivity index (χ4n) is 2.42. The molecule has 2 atom stereocenters. The van der Waals surface area contributed by atoms with Crippen LogP contribution in [0.25, 0.3) is 0 Å². The van der Waals surface area contributed by atoms with Crippen molar-refractivity contribution in [3.8, 4) is 0 Å². The Bertz CT molecular complexity index is 356. The molecule has 1 aromatic rings. The normalized spacial score (nSPS) is 24.1. The van der Waals surface area contributed by atoms with E-state index in [1.54, 1.807) is 16.2 Å². The molecule has 102 valence electrons. The van der Waals surface area contributed by atoms with Crippen LogP contribution in [0.2, 0.25) is 0 Å². The van der Waals surface area contributed by atoms with Gasteiger partial charge in [-0.15, -0.1) is 10.2 Å². The SMILES string of the molecule is CCNc1nnc(SCC[C@@H]2CCCC[NH+]2C)s1. The summed E-state index contributed by atoms with van der Waals surface area (Å²) >= 11 is 3.52. The van der Waals surface area contributed by atoms with Gasteiger partial charge in [0.15, 0.2) is 4.34 Å². The molecule has 0 amide bonds. The second-order valence-corrected chi connectivity index (χ2v) is 7.15. The van der Waals surface area contributed by atoms with Crippen molar-refractivity contribution in [1.82, 2.24) is 10.2 Å². The van der Waals surface area contributed by atoms with Crippen LogP contribution in [0.3, 0.4) is 0 Å². The topological polar surface area (TPSA) is 42.2 Å². The summed E-state index contributed by atoms with van der Waals surface area (Å²) in [7, 11) is 2.34. The monoisotopic (exact) mass is 287 g/mol. The Morgan fingerprint density at radius 1 is 1.44 bits per heavy atom. The van der Waals surface area contributed by atoms with E-state index in [9.17, 15) is 0 Å². The van der Waals surface area contributed by atoms with Gasteiger partial charge in [0.25, 0.3) is 0 Å². The third-order valence-corrected chi connectivity index (χ3v) is 5.54. The number of hydrogen-bond acceptors (Lipinski definition) is 5. The molecule has 2 rings (SSSR count). The van der Waals surface area contributed by atoms with Crippen LogP contribution in [0, 0.1) is 0 Å². The highest BCUT2D eigenvalue weighted by Gasteiger charge is 2.22. The molecule has 4 nitrogen and oxygen atoms in total. The highest BCUT2D eigenvalue weighted by molar-refractivity contribution is 8.01. The Kier molecular flexibility index (Phi) is 5.72. The first-order chi connectivity index (χ1) is 8.79. The first-order valence-corrected chi connectivity index (χ1v) is 8.62. The standard InChI is InChI=1S/C12H22N4S2/c1-3-13-11-14-15-12(18-11)17-9-7-10-6-4-5-8-16(10)2/h10H,3-9H2,1-2H3,(H,13,14)/p+1/t10-/m0/s1. The number of hydrogen-bond donors (Lipinski definition) is 2. The summed E-state index contributed by atoms with van der Waals surface area (Å²) in [4.78, 5) is 1.72. The minimum absolute atomic E-state index is 0.854. The van der Waals surface area contributed by atoms with E-state index in [4.69, 9.17) is 0 Å². The highest BCUT2D eigenvalue weighted by atomic mass is 32.2. The number of thioether (sulfide) groups is 1. The second kappa shape index (κ2) is 7.31. The Labute approximate surface area is 118 Å². The number of quaternary nitrogens is 1. The number of rotatable bonds is 6. The molecule has 1 fully saturated rings. The molecule has 1 saturated heterocycles. The van der Waals surface area contributed by atoms with Crippen molar-refractivity contribution < 1.29 is 4.90 Å². The van der Waals surface area contributed by atoms with Crippen LogP contribution in [-0.4, -0.2) is 42.1 Å². The van der Waals surface area contributed by atoms with Gasteiger partial charge in [-0.1, -0.05) is 23.1 Å². The summed E-state index contributed by atoms with van der Waals surface area (Å²) in [6.45, 7) is 4.34. The van der Waals surface area contributed by atoms with Gasteiger partial charge in [0.2, 0.25) is 5.13 Å². The van der Waals surface area contributed by atoms with E-state index >= 15 is 0 Å². The second-order valence-electron chi connectivity index (χ2n) is 4.83. The Morgan fingerprint density at radius 2 is 2.33 bits per heavy atom. The quantitative estimate of drug-likeness (QED) is 0.779. The smallest absolute Gasteiger partial charge is 0.206 e. The molecule has 1 unspecified atom stereocenters. The van der Waals surface area contributed by atoms with Crippen molar-refractivity contribution >= 4 is 28.2 Å². The number of piperidine rings is 1. The summed E-state index contributed by atoms with van der Waals surface area (Å²) in [5.41, 5.74) is 0. The van der Waals surface area contributed by atoms with E-state index in [1.165, 1.54) is 38.0 Å².